The molecule has 1 amide bonds. The van der Waals surface area contributed by atoms with Crippen LogP contribution in [0.15, 0.2) is 99.5 Å². The van der Waals surface area contributed by atoms with E-state index in [0.29, 0.717) is 33.6 Å². The molecule has 3 heterocycles. The van der Waals surface area contributed by atoms with E-state index in [4.69, 9.17) is 16.0 Å². The third kappa shape index (κ3) is 5.99. The second kappa shape index (κ2) is 11.5. The van der Waals surface area contributed by atoms with Crippen molar-refractivity contribution in [2.75, 3.05) is 0 Å². The summed E-state index contributed by atoms with van der Waals surface area (Å²) in [6, 6.07) is 22.5. The lowest BCUT2D eigenvalue weighted by atomic mass is 10.2. The Morgan fingerprint density at radius 1 is 1.02 bits per heavy atom. The molecular formula is C29H26ClN5O4S. The number of hydrazone groups is 1. The molecule has 0 atom stereocenters. The fourth-order valence-corrected chi connectivity index (χ4v) is 5.72. The van der Waals surface area contributed by atoms with Crippen LogP contribution in [0.4, 0.5) is 0 Å². The van der Waals surface area contributed by atoms with Crippen LogP contribution in [0, 0.1) is 13.8 Å². The van der Waals surface area contributed by atoms with E-state index in [0.717, 1.165) is 11.1 Å². The molecule has 0 aliphatic rings. The number of aromatic nitrogens is 2. The Morgan fingerprint density at radius 3 is 2.52 bits per heavy atom. The third-order valence-corrected chi connectivity index (χ3v) is 8.28. The molecule has 40 heavy (non-hydrogen) atoms. The molecule has 0 aliphatic carbocycles. The lowest BCUT2D eigenvalue weighted by Gasteiger charge is -2.21. The van der Waals surface area contributed by atoms with Gasteiger partial charge in [-0.05, 0) is 67.9 Å². The van der Waals surface area contributed by atoms with Crippen molar-refractivity contribution in [3.8, 4) is 0 Å². The molecule has 3 aromatic heterocycles. The number of sulfonamides is 1. The van der Waals surface area contributed by atoms with Crippen LogP contribution >= 0.6 is 11.6 Å². The van der Waals surface area contributed by atoms with Crippen LogP contribution in [0.1, 0.15) is 38.8 Å². The number of rotatable bonds is 9. The molecule has 1 N–H and O–H groups in total. The maximum atomic E-state index is 13.6. The van der Waals surface area contributed by atoms with Crippen LogP contribution in [0.25, 0.3) is 5.65 Å². The topological polar surface area (TPSA) is 109 Å². The third-order valence-electron chi connectivity index (χ3n) is 6.22. The van der Waals surface area contributed by atoms with Gasteiger partial charge in [0.1, 0.15) is 22.9 Å². The molecule has 0 fully saturated rings. The number of carbonyl (C=O) groups is 1. The summed E-state index contributed by atoms with van der Waals surface area (Å²) >= 11 is 6.02. The van der Waals surface area contributed by atoms with Crippen molar-refractivity contribution in [1.82, 2.24) is 19.1 Å². The highest BCUT2D eigenvalue weighted by Crippen LogP contribution is 2.23. The molecule has 0 radical (unpaired) electrons. The molecule has 11 heteroatoms. The van der Waals surface area contributed by atoms with Gasteiger partial charge in [0.05, 0.1) is 23.3 Å². The minimum Gasteiger partial charge on any atom is -0.459 e. The van der Waals surface area contributed by atoms with Gasteiger partial charge in [0.2, 0.25) is 10.0 Å². The van der Waals surface area contributed by atoms with Gasteiger partial charge in [0, 0.05) is 17.8 Å². The zero-order valence-corrected chi connectivity index (χ0v) is 23.4. The van der Waals surface area contributed by atoms with Crippen molar-refractivity contribution in [3.63, 3.8) is 0 Å². The Labute approximate surface area is 236 Å². The maximum Gasteiger partial charge on any atom is 0.290 e. The lowest BCUT2D eigenvalue weighted by Crippen LogP contribution is -2.30. The number of fused-ring (bicyclic) bond motifs is 1. The van der Waals surface area contributed by atoms with Gasteiger partial charge in [-0.25, -0.2) is 18.8 Å². The predicted molar refractivity (Wildman–Crippen MR) is 153 cm³/mol. The Balaban J connectivity index is 1.33. The maximum absolute atomic E-state index is 13.6. The Hall–Kier alpha value is -4.25. The summed E-state index contributed by atoms with van der Waals surface area (Å²) in [7, 11) is -3.85. The summed E-state index contributed by atoms with van der Waals surface area (Å²) in [5.41, 5.74) is 5.85. The normalized spacial score (nSPS) is 12.0. The fourth-order valence-electron chi connectivity index (χ4n) is 4.20. The van der Waals surface area contributed by atoms with Crippen LogP contribution in [0.3, 0.4) is 0 Å². The van der Waals surface area contributed by atoms with Gasteiger partial charge in [-0.1, -0.05) is 47.5 Å². The monoisotopic (exact) mass is 575 g/mol. The van der Waals surface area contributed by atoms with Crippen molar-refractivity contribution >= 4 is 39.4 Å². The van der Waals surface area contributed by atoms with Crippen LogP contribution in [0.5, 0.6) is 0 Å². The van der Waals surface area contributed by atoms with E-state index < -0.39 is 15.9 Å². The van der Waals surface area contributed by atoms with Crippen molar-refractivity contribution in [2.24, 2.45) is 5.10 Å². The molecule has 0 bridgehead atoms. The number of pyridine rings is 1. The standard InChI is InChI=1S/C29H26ClN5O4S/c1-20-6-14-26(15-7-20)40(37,38)34(18-22-8-10-23(30)11-9-22)19-25-13-12-24(39-25)17-31-33-29(36)28-21(2)32-27-5-3-4-16-35(27)28/h3-17H,18-19H2,1-2H3,(H,33,36)/b31-17+. The largest absolute Gasteiger partial charge is 0.459 e. The van der Waals surface area contributed by atoms with Crippen molar-refractivity contribution < 1.29 is 17.6 Å². The first-order valence-electron chi connectivity index (χ1n) is 12.4. The highest BCUT2D eigenvalue weighted by molar-refractivity contribution is 7.89. The molecule has 0 unspecified atom stereocenters. The summed E-state index contributed by atoms with van der Waals surface area (Å²) in [5, 5.41) is 4.58. The Kier molecular flexibility index (Phi) is 7.83. The number of furan rings is 1. The van der Waals surface area contributed by atoms with E-state index in [1.54, 1.807) is 78.2 Å². The quantitative estimate of drug-likeness (QED) is 0.188. The number of hydrogen-bond acceptors (Lipinski definition) is 6. The molecule has 0 aliphatic heterocycles. The summed E-state index contributed by atoms with van der Waals surface area (Å²) in [4.78, 5) is 17.3. The highest BCUT2D eigenvalue weighted by atomic mass is 35.5. The van der Waals surface area contributed by atoms with Gasteiger partial charge in [0.25, 0.3) is 5.91 Å². The summed E-state index contributed by atoms with van der Waals surface area (Å²) < 4.78 is 36.0. The molecule has 5 aromatic rings. The number of halogens is 1. The van der Waals surface area contributed by atoms with Gasteiger partial charge in [0.15, 0.2) is 0 Å². The minimum atomic E-state index is -3.85. The molecular weight excluding hydrogens is 550 g/mol. The van der Waals surface area contributed by atoms with E-state index in [9.17, 15) is 13.2 Å². The summed E-state index contributed by atoms with van der Waals surface area (Å²) in [6.07, 6.45) is 3.12. The zero-order valence-electron chi connectivity index (χ0n) is 21.8. The van der Waals surface area contributed by atoms with Crippen LogP contribution in [-0.2, 0) is 23.1 Å². The minimum absolute atomic E-state index is 0.0138. The van der Waals surface area contributed by atoms with Gasteiger partial charge >= 0.3 is 0 Å². The molecule has 0 saturated carbocycles. The fraction of sp³-hybridized carbons (Fsp3) is 0.138. The lowest BCUT2D eigenvalue weighted by molar-refractivity contribution is 0.0948. The Bertz CT molecular complexity index is 1790. The first-order valence-corrected chi connectivity index (χ1v) is 14.2. The van der Waals surface area contributed by atoms with Crippen molar-refractivity contribution in [2.45, 2.75) is 31.8 Å². The van der Waals surface area contributed by atoms with Crippen molar-refractivity contribution in [3.05, 3.63) is 124 Å². The highest BCUT2D eigenvalue weighted by Gasteiger charge is 2.26. The van der Waals surface area contributed by atoms with Crippen molar-refractivity contribution in [1.29, 1.82) is 0 Å². The smallest absolute Gasteiger partial charge is 0.290 e. The van der Waals surface area contributed by atoms with Gasteiger partial charge < -0.3 is 4.42 Å². The second-order valence-electron chi connectivity index (χ2n) is 9.19. The SMILES string of the molecule is Cc1ccc(S(=O)(=O)N(Cc2ccc(Cl)cc2)Cc2ccc(/C=N/NC(=O)c3c(C)nc4ccccn34)o2)cc1. The summed E-state index contributed by atoms with van der Waals surface area (Å²) in [5.74, 6) is 0.344. The van der Waals surface area contributed by atoms with Gasteiger partial charge in [-0.2, -0.15) is 9.41 Å². The molecule has 0 saturated heterocycles. The molecule has 204 valence electrons. The first kappa shape index (κ1) is 27.3. The van der Waals surface area contributed by atoms with Crippen LogP contribution in [-0.4, -0.2) is 34.2 Å². The van der Waals surface area contributed by atoms with E-state index in [-0.39, 0.29) is 18.0 Å². The van der Waals surface area contributed by atoms with Crippen LogP contribution in [0.2, 0.25) is 5.02 Å². The number of aryl methyl sites for hydroxylation is 2. The number of hydrogen-bond donors (Lipinski definition) is 1. The van der Waals surface area contributed by atoms with Gasteiger partial charge in [-0.3, -0.25) is 9.20 Å². The zero-order chi connectivity index (χ0) is 28.3. The van der Waals surface area contributed by atoms with E-state index in [1.165, 1.54) is 10.5 Å². The number of imidazole rings is 1. The average Bonchev–Trinajstić information content (AvgIpc) is 3.52. The number of benzene rings is 2. The molecule has 0 spiro atoms. The number of nitrogens with zero attached hydrogens (tertiary/aromatic N) is 4. The number of nitrogens with one attached hydrogen (secondary N) is 1. The second-order valence-corrected chi connectivity index (χ2v) is 11.6. The van der Waals surface area contributed by atoms with Crippen LogP contribution < -0.4 is 5.43 Å². The van der Waals surface area contributed by atoms with E-state index in [1.807, 2.05) is 25.1 Å². The number of amides is 1. The summed E-state index contributed by atoms with van der Waals surface area (Å²) in [6.45, 7) is 3.76. The predicted octanol–water partition coefficient (Wildman–Crippen LogP) is 5.35. The first-order chi connectivity index (χ1) is 19.2. The average molecular weight is 576 g/mol. The molecule has 9 nitrogen and oxygen atoms in total. The van der Waals surface area contributed by atoms with Gasteiger partial charge in [-0.15, -0.1) is 0 Å². The Morgan fingerprint density at radius 2 is 1.77 bits per heavy atom. The molecule has 2 aromatic carbocycles. The number of carbonyl (C=O) groups excluding carboxylic acids is 1. The van der Waals surface area contributed by atoms with E-state index >= 15 is 0 Å². The molecule has 5 rings (SSSR count). The van der Waals surface area contributed by atoms with E-state index in [2.05, 4.69) is 15.5 Å².